The molecule has 0 unspecified atom stereocenters. The lowest BCUT2D eigenvalue weighted by Crippen LogP contribution is -2.50. The molecule has 1 N–H and O–H groups in total. The monoisotopic (exact) mass is 379 g/mol. The first kappa shape index (κ1) is 18.4. The van der Waals surface area contributed by atoms with Gasteiger partial charge in [-0.2, -0.15) is 4.31 Å². The molecule has 0 spiro atoms. The van der Waals surface area contributed by atoms with Crippen LogP contribution in [0.5, 0.6) is 5.75 Å². The summed E-state index contributed by atoms with van der Waals surface area (Å²) in [7, 11) is -3.72. The average Bonchev–Trinajstić information content (AvgIpc) is 2.95. The molecular weight excluding hydrogens is 358 g/mol. The summed E-state index contributed by atoms with van der Waals surface area (Å²) in [5.74, 6) is -0.127. The number of aryl methyl sites for hydroxylation is 3. The molecule has 0 radical (unpaired) electrons. The van der Waals surface area contributed by atoms with Crippen molar-refractivity contribution in [2.24, 2.45) is 0 Å². The summed E-state index contributed by atoms with van der Waals surface area (Å²) >= 11 is 0. The fourth-order valence-corrected chi connectivity index (χ4v) is 4.81. The first-order valence-electron chi connectivity index (χ1n) is 8.23. The number of phenolic OH excluding ortho intramolecular Hbond substituents is 1. The van der Waals surface area contributed by atoms with Crippen LogP contribution >= 0.6 is 0 Å². The maximum Gasteiger partial charge on any atom is 0.257 e. The van der Waals surface area contributed by atoms with Crippen molar-refractivity contribution in [3.63, 3.8) is 0 Å². The van der Waals surface area contributed by atoms with Crippen molar-refractivity contribution in [2.75, 3.05) is 26.2 Å². The third kappa shape index (κ3) is 3.19. The molecule has 1 aromatic heterocycles. The Morgan fingerprint density at radius 1 is 1.15 bits per heavy atom. The minimum Gasteiger partial charge on any atom is -0.507 e. The molecule has 2 heterocycles. The fourth-order valence-electron chi connectivity index (χ4n) is 3.10. The van der Waals surface area contributed by atoms with Crippen molar-refractivity contribution in [1.29, 1.82) is 0 Å². The van der Waals surface area contributed by atoms with E-state index in [1.807, 2.05) is 6.92 Å². The van der Waals surface area contributed by atoms with Crippen LogP contribution in [-0.4, -0.2) is 60.0 Å². The molecule has 140 valence electrons. The number of hydrogen-bond donors (Lipinski definition) is 1. The van der Waals surface area contributed by atoms with Crippen LogP contribution in [0.1, 0.15) is 27.4 Å². The summed E-state index contributed by atoms with van der Waals surface area (Å²) in [6.45, 7) is 5.82. The van der Waals surface area contributed by atoms with Gasteiger partial charge in [-0.1, -0.05) is 16.8 Å². The van der Waals surface area contributed by atoms with Gasteiger partial charge in [-0.15, -0.1) is 0 Å². The third-order valence-corrected chi connectivity index (χ3v) is 6.62. The molecule has 8 nitrogen and oxygen atoms in total. The number of nitrogens with zero attached hydrogens (tertiary/aromatic N) is 3. The van der Waals surface area contributed by atoms with E-state index in [0.717, 1.165) is 5.56 Å². The number of hydrogen-bond acceptors (Lipinski definition) is 6. The van der Waals surface area contributed by atoms with Crippen LogP contribution < -0.4 is 0 Å². The number of aromatic hydroxyl groups is 1. The van der Waals surface area contributed by atoms with Crippen molar-refractivity contribution in [3.8, 4) is 5.75 Å². The van der Waals surface area contributed by atoms with E-state index < -0.39 is 10.0 Å². The van der Waals surface area contributed by atoms with Crippen molar-refractivity contribution in [2.45, 2.75) is 25.7 Å². The molecule has 1 aliphatic heterocycles. The molecule has 0 saturated carbocycles. The quantitative estimate of drug-likeness (QED) is 0.866. The summed E-state index contributed by atoms with van der Waals surface area (Å²) in [5.41, 5.74) is 1.42. The van der Waals surface area contributed by atoms with Gasteiger partial charge in [0.25, 0.3) is 5.91 Å². The molecule has 2 aromatic rings. The number of rotatable bonds is 3. The zero-order valence-corrected chi connectivity index (χ0v) is 15.7. The van der Waals surface area contributed by atoms with Crippen molar-refractivity contribution < 1.29 is 22.8 Å². The van der Waals surface area contributed by atoms with Gasteiger partial charge < -0.3 is 14.5 Å². The summed E-state index contributed by atoms with van der Waals surface area (Å²) < 4.78 is 31.9. The lowest BCUT2D eigenvalue weighted by Gasteiger charge is -2.34. The van der Waals surface area contributed by atoms with Gasteiger partial charge in [0.2, 0.25) is 10.0 Å². The van der Waals surface area contributed by atoms with Crippen molar-refractivity contribution in [3.05, 3.63) is 40.8 Å². The first-order chi connectivity index (χ1) is 12.2. The number of piperazine rings is 1. The third-order valence-electron chi connectivity index (χ3n) is 4.47. The summed E-state index contributed by atoms with van der Waals surface area (Å²) in [6.07, 6.45) is 0. The first-order valence-corrected chi connectivity index (χ1v) is 9.67. The summed E-state index contributed by atoms with van der Waals surface area (Å²) in [4.78, 5) is 14.3. The van der Waals surface area contributed by atoms with Crippen LogP contribution in [0.4, 0.5) is 0 Å². The Hall–Kier alpha value is -2.39. The SMILES string of the molecule is Cc1ccc(O)c(C(=O)N2CCN(S(=O)(=O)c3c(C)noc3C)CC2)c1. The van der Waals surface area contributed by atoms with Gasteiger partial charge in [-0.05, 0) is 32.9 Å². The molecule has 1 saturated heterocycles. The maximum absolute atomic E-state index is 12.8. The highest BCUT2D eigenvalue weighted by Gasteiger charge is 2.34. The van der Waals surface area contributed by atoms with Crippen LogP contribution in [0, 0.1) is 20.8 Å². The number of sulfonamides is 1. The predicted octanol–water partition coefficient (Wildman–Crippen LogP) is 1.45. The zero-order chi connectivity index (χ0) is 19.1. The van der Waals surface area contributed by atoms with Crippen molar-refractivity contribution >= 4 is 15.9 Å². The number of aromatic nitrogens is 1. The Bertz CT molecular complexity index is 924. The van der Waals surface area contributed by atoms with Gasteiger partial charge in [0, 0.05) is 26.2 Å². The number of phenols is 1. The summed E-state index contributed by atoms with van der Waals surface area (Å²) in [5, 5.41) is 13.6. The Morgan fingerprint density at radius 2 is 1.81 bits per heavy atom. The largest absolute Gasteiger partial charge is 0.507 e. The van der Waals surface area contributed by atoms with Gasteiger partial charge in [0.1, 0.15) is 16.3 Å². The van der Waals surface area contributed by atoms with E-state index in [1.165, 1.54) is 10.4 Å². The van der Waals surface area contributed by atoms with E-state index in [2.05, 4.69) is 5.16 Å². The normalized spacial score (nSPS) is 16.0. The van der Waals surface area contributed by atoms with E-state index in [-0.39, 0.29) is 54.1 Å². The molecule has 0 bridgehead atoms. The second-order valence-corrected chi connectivity index (χ2v) is 8.24. The molecule has 0 atom stereocenters. The fraction of sp³-hybridized carbons (Fsp3) is 0.412. The van der Waals surface area contributed by atoms with Gasteiger partial charge in [-0.25, -0.2) is 8.42 Å². The second kappa shape index (κ2) is 6.73. The Balaban J connectivity index is 1.75. The predicted molar refractivity (Wildman–Crippen MR) is 93.5 cm³/mol. The summed E-state index contributed by atoms with van der Waals surface area (Å²) in [6, 6.07) is 4.84. The molecular formula is C17H21N3O5S. The van der Waals surface area contributed by atoms with Gasteiger partial charge >= 0.3 is 0 Å². The number of carbonyl (C=O) groups excluding carboxylic acids is 1. The Labute approximate surface area is 152 Å². The molecule has 3 rings (SSSR count). The maximum atomic E-state index is 12.8. The minimum atomic E-state index is -3.72. The number of benzene rings is 1. The minimum absolute atomic E-state index is 0.0774. The number of carbonyl (C=O) groups is 1. The van der Waals surface area contributed by atoms with Crippen LogP contribution in [0.3, 0.4) is 0 Å². The van der Waals surface area contributed by atoms with Crippen LogP contribution in [0.2, 0.25) is 0 Å². The molecule has 1 aliphatic rings. The average molecular weight is 379 g/mol. The standard InChI is InChI=1S/C17H21N3O5S/c1-11-4-5-15(21)14(10-11)17(22)19-6-8-20(9-7-19)26(23,24)16-12(2)18-25-13(16)3/h4-5,10,21H,6-9H2,1-3H3. The molecule has 1 amide bonds. The Morgan fingerprint density at radius 3 is 2.38 bits per heavy atom. The lowest BCUT2D eigenvalue weighted by molar-refractivity contribution is 0.0694. The molecule has 0 aliphatic carbocycles. The Kier molecular flexibility index (Phi) is 4.76. The van der Waals surface area contributed by atoms with E-state index in [9.17, 15) is 18.3 Å². The smallest absolute Gasteiger partial charge is 0.257 e. The van der Waals surface area contributed by atoms with Crippen LogP contribution in [0.25, 0.3) is 0 Å². The topological polar surface area (TPSA) is 104 Å². The van der Waals surface area contributed by atoms with E-state index in [0.29, 0.717) is 5.69 Å². The van der Waals surface area contributed by atoms with Gasteiger partial charge in [0.15, 0.2) is 5.76 Å². The van der Waals surface area contributed by atoms with E-state index >= 15 is 0 Å². The molecule has 1 aromatic carbocycles. The van der Waals surface area contributed by atoms with Crippen molar-refractivity contribution in [1.82, 2.24) is 14.4 Å². The highest BCUT2D eigenvalue weighted by molar-refractivity contribution is 7.89. The van der Waals surface area contributed by atoms with Gasteiger partial charge in [0.05, 0.1) is 5.56 Å². The van der Waals surface area contributed by atoms with Gasteiger partial charge in [-0.3, -0.25) is 4.79 Å². The highest BCUT2D eigenvalue weighted by Crippen LogP contribution is 2.25. The van der Waals surface area contributed by atoms with Crippen LogP contribution in [0.15, 0.2) is 27.6 Å². The molecule has 1 fully saturated rings. The highest BCUT2D eigenvalue weighted by atomic mass is 32.2. The lowest BCUT2D eigenvalue weighted by atomic mass is 10.1. The van der Waals surface area contributed by atoms with E-state index in [4.69, 9.17) is 4.52 Å². The zero-order valence-electron chi connectivity index (χ0n) is 14.9. The number of amides is 1. The molecule has 9 heteroatoms. The molecule has 26 heavy (non-hydrogen) atoms. The van der Waals surface area contributed by atoms with E-state index in [1.54, 1.807) is 30.9 Å². The second-order valence-electron chi connectivity index (χ2n) is 6.37. The van der Waals surface area contributed by atoms with Crippen LogP contribution in [-0.2, 0) is 10.0 Å².